The van der Waals surface area contributed by atoms with Crippen molar-refractivity contribution < 1.29 is 9.84 Å². The van der Waals surface area contributed by atoms with Crippen LogP contribution < -0.4 is 4.74 Å². The number of rotatable bonds is 3. The smallest absolute Gasteiger partial charge is 0.165 e. The SMILES string of the molecule is Oc1cc(-c2cccnc2)cc2c1OCCN(CC1CCC1)C2. The van der Waals surface area contributed by atoms with Crippen LogP contribution in [0.4, 0.5) is 0 Å². The summed E-state index contributed by atoms with van der Waals surface area (Å²) in [4.78, 5) is 6.63. The third-order valence-corrected chi connectivity index (χ3v) is 4.93. The number of phenols is 1. The molecule has 0 amide bonds. The largest absolute Gasteiger partial charge is 0.504 e. The molecule has 1 aliphatic heterocycles. The fourth-order valence-electron chi connectivity index (χ4n) is 3.45. The van der Waals surface area contributed by atoms with Crippen molar-refractivity contribution in [2.75, 3.05) is 19.7 Å². The van der Waals surface area contributed by atoms with Gasteiger partial charge >= 0.3 is 0 Å². The Balaban J connectivity index is 1.63. The fourth-order valence-corrected chi connectivity index (χ4v) is 3.45. The summed E-state index contributed by atoms with van der Waals surface area (Å²) in [6, 6.07) is 7.83. The Morgan fingerprint density at radius 1 is 1.26 bits per heavy atom. The lowest BCUT2D eigenvalue weighted by Crippen LogP contribution is -2.33. The van der Waals surface area contributed by atoms with E-state index in [-0.39, 0.29) is 5.75 Å². The molecule has 0 radical (unpaired) electrons. The summed E-state index contributed by atoms with van der Waals surface area (Å²) in [6.45, 7) is 3.54. The second-order valence-electron chi connectivity index (χ2n) is 6.61. The normalized spacial score (nSPS) is 18.6. The molecule has 1 aliphatic carbocycles. The summed E-state index contributed by atoms with van der Waals surface area (Å²) < 4.78 is 5.83. The highest BCUT2D eigenvalue weighted by molar-refractivity contribution is 5.68. The number of ether oxygens (including phenoxy) is 1. The molecular formula is C19H22N2O2. The molecule has 1 aromatic carbocycles. The number of fused-ring (bicyclic) bond motifs is 1. The second kappa shape index (κ2) is 6.20. The first-order valence-corrected chi connectivity index (χ1v) is 8.41. The third kappa shape index (κ3) is 3.04. The first kappa shape index (κ1) is 14.5. The van der Waals surface area contributed by atoms with Gasteiger partial charge in [-0.15, -0.1) is 0 Å². The van der Waals surface area contributed by atoms with Gasteiger partial charge in [0.15, 0.2) is 11.5 Å². The van der Waals surface area contributed by atoms with Crippen LogP contribution in [0.1, 0.15) is 24.8 Å². The van der Waals surface area contributed by atoms with Gasteiger partial charge in [-0.3, -0.25) is 9.88 Å². The van der Waals surface area contributed by atoms with Gasteiger partial charge in [0.1, 0.15) is 6.61 Å². The number of phenolic OH excluding ortho intramolecular Hbond substituents is 1. The molecule has 1 fully saturated rings. The van der Waals surface area contributed by atoms with Gasteiger partial charge < -0.3 is 9.84 Å². The van der Waals surface area contributed by atoms with Crippen LogP contribution in [0.3, 0.4) is 0 Å². The van der Waals surface area contributed by atoms with Crippen LogP contribution in [-0.2, 0) is 6.54 Å². The van der Waals surface area contributed by atoms with Crippen molar-refractivity contribution in [1.29, 1.82) is 0 Å². The summed E-state index contributed by atoms with van der Waals surface area (Å²) in [5.74, 6) is 1.72. The quantitative estimate of drug-likeness (QED) is 0.943. The minimum atomic E-state index is 0.229. The number of aromatic hydroxyl groups is 1. The Kier molecular flexibility index (Phi) is 3.92. The Bertz CT molecular complexity index is 683. The fraction of sp³-hybridized carbons (Fsp3) is 0.421. The topological polar surface area (TPSA) is 45.6 Å². The monoisotopic (exact) mass is 310 g/mol. The molecule has 0 saturated heterocycles. The summed E-state index contributed by atoms with van der Waals surface area (Å²) in [5, 5.41) is 10.4. The van der Waals surface area contributed by atoms with Crippen LogP contribution >= 0.6 is 0 Å². The first-order valence-electron chi connectivity index (χ1n) is 8.41. The summed E-state index contributed by atoms with van der Waals surface area (Å²) in [5.41, 5.74) is 3.07. The molecule has 4 rings (SSSR count). The Hall–Kier alpha value is -2.07. The molecule has 0 spiro atoms. The van der Waals surface area contributed by atoms with E-state index >= 15 is 0 Å². The molecule has 0 unspecified atom stereocenters. The molecule has 0 atom stereocenters. The average Bonchev–Trinajstić information content (AvgIpc) is 2.74. The number of benzene rings is 1. The van der Waals surface area contributed by atoms with Gasteiger partial charge in [0.2, 0.25) is 0 Å². The average molecular weight is 310 g/mol. The van der Waals surface area contributed by atoms with Crippen LogP contribution in [0.5, 0.6) is 11.5 Å². The molecule has 2 heterocycles. The molecule has 4 heteroatoms. The Labute approximate surface area is 136 Å². The van der Waals surface area contributed by atoms with Crippen molar-refractivity contribution in [3.63, 3.8) is 0 Å². The van der Waals surface area contributed by atoms with Crippen LogP contribution in [0.2, 0.25) is 0 Å². The maximum absolute atomic E-state index is 10.4. The van der Waals surface area contributed by atoms with Crippen LogP contribution in [0.15, 0.2) is 36.7 Å². The highest BCUT2D eigenvalue weighted by Gasteiger charge is 2.24. The van der Waals surface area contributed by atoms with Crippen molar-refractivity contribution in [3.05, 3.63) is 42.2 Å². The third-order valence-electron chi connectivity index (χ3n) is 4.93. The molecule has 1 N–H and O–H groups in total. The Morgan fingerprint density at radius 2 is 2.17 bits per heavy atom. The molecule has 23 heavy (non-hydrogen) atoms. The van der Waals surface area contributed by atoms with Gasteiger partial charge in [0.05, 0.1) is 0 Å². The zero-order valence-corrected chi connectivity index (χ0v) is 13.2. The lowest BCUT2D eigenvalue weighted by molar-refractivity contribution is 0.159. The van der Waals surface area contributed by atoms with E-state index in [1.807, 2.05) is 18.3 Å². The lowest BCUT2D eigenvalue weighted by atomic mass is 9.85. The molecule has 4 nitrogen and oxygen atoms in total. The van der Waals surface area contributed by atoms with E-state index in [1.165, 1.54) is 19.3 Å². The predicted octanol–water partition coefficient (Wildman–Crippen LogP) is 3.45. The molecule has 2 aliphatic rings. The van der Waals surface area contributed by atoms with Crippen molar-refractivity contribution in [1.82, 2.24) is 9.88 Å². The van der Waals surface area contributed by atoms with Gasteiger partial charge in [0.25, 0.3) is 0 Å². The van der Waals surface area contributed by atoms with E-state index < -0.39 is 0 Å². The number of hydrogen-bond acceptors (Lipinski definition) is 4. The standard InChI is InChI=1S/C19H22N2O2/c22-18-10-16(15-5-2-6-20-11-15)9-17-13-21(7-8-23-19(17)18)12-14-3-1-4-14/h2,5-6,9-11,14,22H,1,3-4,7-8,12-13H2. The van der Waals surface area contributed by atoms with Gasteiger partial charge in [-0.05, 0) is 42.5 Å². The van der Waals surface area contributed by atoms with Crippen LogP contribution in [-0.4, -0.2) is 34.7 Å². The number of hydrogen-bond donors (Lipinski definition) is 1. The van der Waals surface area contributed by atoms with Crippen molar-refractivity contribution >= 4 is 0 Å². The van der Waals surface area contributed by atoms with E-state index in [9.17, 15) is 5.11 Å². The highest BCUT2D eigenvalue weighted by Crippen LogP contribution is 2.38. The van der Waals surface area contributed by atoms with Crippen molar-refractivity contribution in [2.45, 2.75) is 25.8 Å². The van der Waals surface area contributed by atoms with Gasteiger partial charge in [-0.1, -0.05) is 12.5 Å². The molecule has 0 bridgehead atoms. The summed E-state index contributed by atoms with van der Waals surface area (Å²) >= 11 is 0. The van der Waals surface area contributed by atoms with Gasteiger partial charge in [-0.25, -0.2) is 0 Å². The number of aromatic nitrogens is 1. The number of nitrogens with zero attached hydrogens (tertiary/aromatic N) is 2. The van der Waals surface area contributed by atoms with Gasteiger partial charge in [0, 0.05) is 43.2 Å². The van der Waals surface area contributed by atoms with E-state index in [1.54, 1.807) is 12.3 Å². The maximum atomic E-state index is 10.4. The molecule has 120 valence electrons. The maximum Gasteiger partial charge on any atom is 0.165 e. The van der Waals surface area contributed by atoms with E-state index in [0.29, 0.717) is 12.4 Å². The van der Waals surface area contributed by atoms with Crippen LogP contribution in [0, 0.1) is 5.92 Å². The van der Waals surface area contributed by atoms with Crippen molar-refractivity contribution in [2.24, 2.45) is 5.92 Å². The van der Waals surface area contributed by atoms with Crippen LogP contribution in [0.25, 0.3) is 11.1 Å². The highest BCUT2D eigenvalue weighted by atomic mass is 16.5. The van der Waals surface area contributed by atoms with Crippen molar-refractivity contribution in [3.8, 4) is 22.6 Å². The minimum Gasteiger partial charge on any atom is -0.504 e. The lowest BCUT2D eigenvalue weighted by Gasteiger charge is -2.31. The second-order valence-corrected chi connectivity index (χ2v) is 6.61. The zero-order valence-electron chi connectivity index (χ0n) is 13.2. The summed E-state index contributed by atoms with van der Waals surface area (Å²) in [6.07, 6.45) is 7.66. The minimum absolute atomic E-state index is 0.229. The van der Waals surface area contributed by atoms with E-state index in [0.717, 1.165) is 42.2 Å². The van der Waals surface area contributed by atoms with Gasteiger partial charge in [-0.2, -0.15) is 0 Å². The Morgan fingerprint density at radius 3 is 2.91 bits per heavy atom. The van der Waals surface area contributed by atoms with E-state index in [2.05, 4.69) is 16.0 Å². The molecular weight excluding hydrogens is 288 g/mol. The zero-order chi connectivity index (χ0) is 15.6. The first-order chi connectivity index (χ1) is 11.3. The molecule has 1 saturated carbocycles. The molecule has 1 aromatic heterocycles. The molecule has 2 aromatic rings. The number of pyridine rings is 1. The summed E-state index contributed by atoms with van der Waals surface area (Å²) in [7, 11) is 0. The van der Waals surface area contributed by atoms with E-state index in [4.69, 9.17) is 4.74 Å². The predicted molar refractivity (Wildman–Crippen MR) is 89.5 cm³/mol.